The number of hydrogen-bond donors (Lipinski definition) is 1. The van der Waals surface area contributed by atoms with Gasteiger partial charge in [-0.2, -0.15) is 0 Å². The monoisotopic (exact) mass is 458 g/mol. The van der Waals surface area contributed by atoms with E-state index in [2.05, 4.69) is 27.4 Å². The first kappa shape index (κ1) is 22.6. The highest BCUT2D eigenvalue weighted by atomic mass is 32.1. The molecule has 7 heteroatoms. The standard InChI is InChI=1S/C26H26N4O2S/c1-18-16-23(31)24(25(32)29-19(2)26-28-14-15-33-26)22(12-11-20-8-4-3-5-9-20)30(18)17-21-10-6-7-13-27-21/h3-10,13-16,19H,11-12,17H2,1-2H3,(H,29,32)/t19-/m1/s1. The van der Waals surface area contributed by atoms with E-state index >= 15 is 0 Å². The third-order valence-electron chi connectivity index (χ3n) is 5.56. The molecule has 0 saturated heterocycles. The van der Waals surface area contributed by atoms with Gasteiger partial charge in [0, 0.05) is 35.2 Å². The fourth-order valence-corrected chi connectivity index (χ4v) is 4.54. The molecule has 4 aromatic rings. The number of pyridine rings is 2. The molecule has 0 radical (unpaired) electrons. The van der Waals surface area contributed by atoms with E-state index in [4.69, 9.17) is 0 Å². The number of carbonyl (C=O) groups is 1. The molecule has 0 saturated carbocycles. The quantitative estimate of drug-likeness (QED) is 0.426. The summed E-state index contributed by atoms with van der Waals surface area (Å²) in [6.07, 6.45) is 4.73. The third kappa shape index (κ3) is 5.43. The number of rotatable bonds is 8. The van der Waals surface area contributed by atoms with Gasteiger partial charge in [-0.3, -0.25) is 14.6 Å². The van der Waals surface area contributed by atoms with Crippen LogP contribution >= 0.6 is 11.3 Å². The maximum atomic E-state index is 13.4. The van der Waals surface area contributed by atoms with Crippen LogP contribution in [-0.4, -0.2) is 20.4 Å². The van der Waals surface area contributed by atoms with Gasteiger partial charge in [-0.05, 0) is 44.4 Å². The molecule has 168 valence electrons. The summed E-state index contributed by atoms with van der Waals surface area (Å²) in [5, 5.41) is 5.64. The van der Waals surface area contributed by atoms with E-state index in [1.54, 1.807) is 12.4 Å². The predicted octanol–water partition coefficient (Wildman–Crippen LogP) is 4.33. The first-order valence-corrected chi connectivity index (χ1v) is 11.8. The van der Waals surface area contributed by atoms with Gasteiger partial charge < -0.3 is 9.88 Å². The number of nitrogens with one attached hydrogen (secondary N) is 1. The van der Waals surface area contributed by atoms with Crippen molar-refractivity contribution in [2.45, 2.75) is 39.3 Å². The van der Waals surface area contributed by atoms with Crippen molar-refractivity contribution in [1.29, 1.82) is 0 Å². The smallest absolute Gasteiger partial charge is 0.257 e. The van der Waals surface area contributed by atoms with Crippen LogP contribution in [0, 0.1) is 6.92 Å². The van der Waals surface area contributed by atoms with Crippen molar-refractivity contribution in [3.05, 3.63) is 116 Å². The lowest BCUT2D eigenvalue weighted by Crippen LogP contribution is -2.34. The Kier molecular flexibility index (Phi) is 7.10. The Morgan fingerprint density at radius 3 is 2.55 bits per heavy atom. The van der Waals surface area contributed by atoms with Gasteiger partial charge in [0.1, 0.15) is 10.6 Å². The SMILES string of the molecule is Cc1cc(=O)c(C(=O)N[C@H](C)c2nccs2)c(CCc2ccccc2)n1Cc1ccccn1. The van der Waals surface area contributed by atoms with Crippen molar-refractivity contribution < 1.29 is 4.79 Å². The first-order chi connectivity index (χ1) is 16.0. The molecule has 0 bridgehead atoms. The topological polar surface area (TPSA) is 76.9 Å². The van der Waals surface area contributed by atoms with Crippen LogP contribution in [0.25, 0.3) is 0 Å². The van der Waals surface area contributed by atoms with Crippen molar-refractivity contribution in [2.24, 2.45) is 0 Å². The summed E-state index contributed by atoms with van der Waals surface area (Å²) in [6, 6.07) is 17.1. The van der Waals surface area contributed by atoms with E-state index in [1.165, 1.54) is 17.4 Å². The van der Waals surface area contributed by atoms with Crippen LogP contribution in [0.2, 0.25) is 0 Å². The number of benzene rings is 1. The van der Waals surface area contributed by atoms with Gasteiger partial charge in [-0.1, -0.05) is 36.4 Å². The molecule has 33 heavy (non-hydrogen) atoms. The highest BCUT2D eigenvalue weighted by Gasteiger charge is 2.23. The molecule has 0 fully saturated rings. The normalized spacial score (nSPS) is 11.8. The predicted molar refractivity (Wildman–Crippen MR) is 131 cm³/mol. The minimum absolute atomic E-state index is 0.191. The van der Waals surface area contributed by atoms with E-state index in [1.807, 2.05) is 60.2 Å². The van der Waals surface area contributed by atoms with Gasteiger partial charge in [0.2, 0.25) is 0 Å². The van der Waals surface area contributed by atoms with Crippen LogP contribution in [0.1, 0.15) is 51.0 Å². The third-order valence-corrected chi connectivity index (χ3v) is 6.52. The van der Waals surface area contributed by atoms with Crippen LogP contribution < -0.4 is 10.7 Å². The molecule has 3 heterocycles. The molecule has 1 atom stereocenters. The van der Waals surface area contributed by atoms with Crippen molar-refractivity contribution in [3.63, 3.8) is 0 Å². The number of hydrogen-bond acceptors (Lipinski definition) is 5. The van der Waals surface area contributed by atoms with E-state index in [0.29, 0.717) is 19.4 Å². The molecule has 0 aliphatic rings. The summed E-state index contributed by atoms with van der Waals surface area (Å²) in [4.78, 5) is 35.2. The Bertz CT molecular complexity index is 1270. The highest BCUT2D eigenvalue weighted by Crippen LogP contribution is 2.18. The molecule has 0 spiro atoms. The summed E-state index contributed by atoms with van der Waals surface area (Å²) < 4.78 is 2.04. The zero-order valence-electron chi connectivity index (χ0n) is 18.7. The number of aryl methyl sites for hydroxylation is 2. The Morgan fingerprint density at radius 1 is 1.06 bits per heavy atom. The first-order valence-electron chi connectivity index (χ1n) is 10.9. The van der Waals surface area contributed by atoms with Gasteiger partial charge in [0.15, 0.2) is 5.43 Å². The lowest BCUT2D eigenvalue weighted by Gasteiger charge is -2.21. The Morgan fingerprint density at radius 2 is 1.85 bits per heavy atom. The van der Waals surface area contributed by atoms with Gasteiger partial charge >= 0.3 is 0 Å². The van der Waals surface area contributed by atoms with E-state index in [9.17, 15) is 9.59 Å². The molecular weight excluding hydrogens is 432 g/mol. The lowest BCUT2D eigenvalue weighted by atomic mass is 10.0. The molecule has 1 N–H and O–H groups in total. The average molecular weight is 459 g/mol. The van der Waals surface area contributed by atoms with Crippen LogP contribution in [0.4, 0.5) is 0 Å². The van der Waals surface area contributed by atoms with Gasteiger partial charge in [-0.15, -0.1) is 11.3 Å². The second kappa shape index (κ2) is 10.4. The van der Waals surface area contributed by atoms with Crippen molar-refractivity contribution >= 4 is 17.2 Å². The maximum Gasteiger partial charge on any atom is 0.257 e. The zero-order valence-corrected chi connectivity index (χ0v) is 19.5. The minimum atomic E-state index is -0.375. The molecule has 3 aromatic heterocycles. The van der Waals surface area contributed by atoms with Crippen molar-refractivity contribution in [3.8, 4) is 0 Å². The van der Waals surface area contributed by atoms with E-state index < -0.39 is 0 Å². The fourth-order valence-electron chi connectivity index (χ4n) is 3.89. The largest absolute Gasteiger partial charge is 0.343 e. The highest BCUT2D eigenvalue weighted by molar-refractivity contribution is 7.09. The summed E-state index contributed by atoms with van der Waals surface area (Å²) in [6.45, 7) is 4.26. The summed E-state index contributed by atoms with van der Waals surface area (Å²) in [5.74, 6) is -0.375. The molecule has 0 aliphatic carbocycles. The molecule has 4 rings (SSSR count). The Labute approximate surface area is 197 Å². The Hall–Kier alpha value is -3.58. The average Bonchev–Trinajstić information content (AvgIpc) is 3.36. The Balaban J connectivity index is 1.73. The van der Waals surface area contributed by atoms with E-state index in [0.717, 1.165) is 27.7 Å². The molecular formula is C26H26N4O2S. The number of thiazole rings is 1. The molecule has 0 aliphatic heterocycles. The summed E-state index contributed by atoms with van der Waals surface area (Å²) in [7, 11) is 0. The van der Waals surface area contributed by atoms with Crippen molar-refractivity contribution in [2.75, 3.05) is 0 Å². The second-order valence-corrected chi connectivity index (χ2v) is 8.86. The van der Waals surface area contributed by atoms with Crippen LogP contribution in [0.3, 0.4) is 0 Å². The van der Waals surface area contributed by atoms with Gasteiger partial charge in [0.25, 0.3) is 5.91 Å². The molecule has 6 nitrogen and oxygen atoms in total. The number of nitrogens with zero attached hydrogens (tertiary/aromatic N) is 3. The van der Waals surface area contributed by atoms with E-state index in [-0.39, 0.29) is 22.9 Å². The number of carbonyl (C=O) groups excluding carboxylic acids is 1. The zero-order chi connectivity index (χ0) is 23.2. The molecule has 0 unspecified atom stereocenters. The van der Waals surface area contributed by atoms with Crippen LogP contribution in [0.5, 0.6) is 0 Å². The van der Waals surface area contributed by atoms with Gasteiger partial charge in [-0.25, -0.2) is 4.98 Å². The lowest BCUT2D eigenvalue weighted by molar-refractivity contribution is 0.0936. The molecule has 1 amide bonds. The van der Waals surface area contributed by atoms with Crippen LogP contribution in [-0.2, 0) is 19.4 Å². The second-order valence-electron chi connectivity index (χ2n) is 7.93. The summed E-state index contributed by atoms with van der Waals surface area (Å²) >= 11 is 1.47. The fraction of sp³-hybridized carbons (Fsp3) is 0.231. The number of amides is 1. The van der Waals surface area contributed by atoms with Gasteiger partial charge in [0.05, 0.1) is 18.3 Å². The van der Waals surface area contributed by atoms with Crippen LogP contribution in [0.15, 0.2) is 77.2 Å². The van der Waals surface area contributed by atoms with Crippen molar-refractivity contribution in [1.82, 2.24) is 19.9 Å². The molecule has 1 aromatic carbocycles. The maximum absolute atomic E-state index is 13.4. The minimum Gasteiger partial charge on any atom is -0.343 e. The summed E-state index contributed by atoms with van der Waals surface area (Å²) in [5.41, 5.74) is 3.47. The number of aromatic nitrogens is 3.